The molecule has 0 bridgehead atoms. The first kappa shape index (κ1) is 18.5. The zero-order chi connectivity index (χ0) is 17.6. The molecule has 8 heteroatoms. The fraction of sp³-hybridized carbons (Fsp3) is 0.562. The molecule has 1 aliphatic heterocycles. The SMILES string of the molecule is COCC1CCN(CC(=O)Nc2ccc(OC(F)(F)F)cc2)CC1. The fourth-order valence-electron chi connectivity index (χ4n) is 2.69. The van der Waals surface area contributed by atoms with Crippen molar-refractivity contribution in [2.75, 3.05) is 38.7 Å². The van der Waals surface area contributed by atoms with Crippen LogP contribution in [0, 0.1) is 5.92 Å². The normalized spacial score (nSPS) is 16.8. The summed E-state index contributed by atoms with van der Waals surface area (Å²) in [5.41, 5.74) is 0.434. The minimum atomic E-state index is -4.72. The van der Waals surface area contributed by atoms with Crippen LogP contribution in [-0.4, -0.2) is 50.5 Å². The average Bonchev–Trinajstić information content (AvgIpc) is 2.50. The van der Waals surface area contributed by atoms with E-state index in [9.17, 15) is 18.0 Å². The molecular formula is C16H21F3N2O3. The maximum absolute atomic E-state index is 12.1. The van der Waals surface area contributed by atoms with Gasteiger partial charge in [-0.1, -0.05) is 0 Å². The summed E-state index contributed by atoms with van der Waals surface area (Å²) in [4.78, 5) is 14.1. The molecule has 1 heterocycles. The summed E-state index contributed by atoms with van der Waals surface area (Å²) < 4.78 is 45.2. The molecule has 0 saturated carbocycles. The number of hydrogen-bond donors (Lipinski definition) is 1. The van der Waals surface area contributed by atoms with Crippen LogP contribution >= 0.6 is 0 Å². The van der Waals surface area contributed by atoms with E-state index in [4.69, 9.17) is 4.74 Å². The Labute approximate surface area is 138 Å². The van der Waals surface area contributed by atoms with Gasteiger partial charge in [-0.25, -0.2) is 0 Å². The first-order valence-electron chi connectivity index (χ1n) is 7.72. The molecule has 134 valence electrons. The number of piperidine rings is 1. The number of ether oxygens (including phenoxy) is 2. The molecular weight excluding hydrogens is 325 g/mol. The Bertz CT molecular complexity index is 526. The molecule has 1 amide bonds. The lowest BCUT2D eigenvalue weighted by atomic mass is 9.98. The number of halogens is 3. The van der Waals surface area contributed by atoms with Gasteiger partial charge in [0, 0.05) is 19.4 Å². The van der Waals surface area contributed by atoms with Gasteiger partial charge in [0.15, 0.2) is 0 Å². The first-order chi connectivity index (χ1) is 11.4. The van der Waals surface area contributed by atoms with E-state index in [0.29, 0.717) is 11.6 Å². The van der Waals surface area contributed by atoms with Crippen molar-refractivity contribution in [2.45, 2.75) is 19.2 Å². The molecule has 1 aromatic rings. The van der Waals surface area contributed by atoms with Crippen molar-refractivity contribution >= 4 is 11.6 Å². The molecule has 0 atom stereocenters. The van der Waals surface area contributed by atoms with Crippen molar-refractivity contribution in [3.8, 4) is 5.75 Å². The van der Waals surface area contributed by atoms with Gasteiger partial charge in [-0.15, -0.1) is 13.2 Å². The Morgan fingerprint density at radius 1 is 1.25 bits per heavy atom. The summed E-state index contributed by atoms with van der Waals surface area (Å²) in [6.07, 6.45) is -2.74. The van der Waals surface area contributed by atoms with Crippen LogP contribution in [0.5, 0.6) is 5.75 Å². The fourth-order valence-corrected chi connectivity index (χ4v) is 2.69. The monoisotopic (exact) mass is 346 g/mol. The van der Waals surface area contributed by atoms with E-state index < -0.39 is 6.36 Å². The molecule has 0 unspecified atom stereocenters. The van der Waals surface area contributed by atoms with Crippen molar-refractivity contribution in [1.29, 1.82) is 0 Å². The van der Waals surface area contributed by atoms with Gasteiger partial charge in [-0.2, -0.15) is 0 Å². The topological polar surface area (TPSA) is 50.8 Å². The highest BCUT2D eigenvalue weighted by molar-refractivity contribution is 5.92. The number of carbonyl (C=O) groups is 1. The van der Waals surface area contributed by atoms with Gasteiger partial charge >= 0.3 is 6.36 Å². The highest BCUT2D eigenvalue weighted by Crippen LogP contribution is 2.24. The van der Waals surface area contributed by atoms with E-state index >= 15 is 0 Å². The summed E-state index contributed by atoms with van der Waals surface area (Å²) in [7, 11) is 1.69. The second-order valence-corrected chi connectivity index (χ2v) is 5.80. The molecule has 0 radical (unpaired) electrons. The van der Waals surface area contributed by atoms with E-state index in [1.54, 1.807) is 7.11 Å². The number of alkyl halides is 3. The highest BCUT2D eigenvalue weighted by atomic mass is 19.4. The van der Waals surface area contributed by atoms with Crippen LogP contribution in [0.4, 0.5) is 18.9 Å². The van der Waals surface area contributed by atoms with Gasteiger partial charge in [-0.3, -0.25) is 9.69 Å². The number of rotatable bonds is 6. The van der Waals surface area contributed by atoms with E-state index in [2.05, 4.69) is 15.0 Å². The van der Waals surface area contributed by atoms with Crippen LogP contribution in [0.25, 0.3) is 0 Å². The summed E-state index contributed by atoms with van der Waals surface area (Å²) in [5, 5.41) is 2.67. The molecule has 5 nitrogen and oxygen atoms in total. The zero-order valence-electron chi connectivity index (χ0n) is 13.4. The number of hydrogen-bond acceptors (Lipinski definition) is 4. The Kier molecular flexibility index (Phi) is 6.44. The molecule has 1 saturated heterocycles. The molecule has 24 heavy (non-hydrogen) atoms. The van der Waals surface area contributed by atoms with Crippen LogP contribution in [0.1, 0.15) is 12.8 Å². The van der Waals surface area contributed by atoms with E-state index in [0.717, 1.165) is 32.5 Å². The molecule has 1 aliphatic rings. The number of likely N-dealkylation sites (tertiary alicyclic amines) is 1. The number of carbonyl (C=O) groups excluding carboxylic acids is 1. The molecule has 1 fully saturated rings. The van der Waals surface area contributed by atoms with Crippen molar-refractivity contribution < 1.29 is 27.4 Å². The Morgan fingerprint density at radius 3 is 2.42 bits per heavy atom. The summed E-state index contributed by atoms with van der Waals surface area (Å²) >= 11 is 0. The van der Waals surface area contributed by atoms with Crippen LogP contribution in [0.3, 0.4) is 0 Å². The lowest BCUT2D eigenvalue weighted by Crippen LogP contribution is -2.40. The van der Waals surface area contributed by atoms with E-state index in [-0.39, 0.29) is 18.2 Å². The number of benzene rings is 1. The van der Waals surface area contributed by atoms with E-state index in [1.807, 2.05) is 0 Å². The molecule has 0 aliphatic carbocycles. The van der Waals surface area contributed by atoms with Gasteiger partial charge in [0.1, 0.15) is 5.75 Å². The van der Waals surface area contributed by atoms with Gasteiger partial charge in [0.2, 0.25) is 5.91 Å². The molecule has 1 N–H and O–H groups in total. The van der Waals surface area contributed by atoms with Crippen LogP contribution < -0.4 is 10.1 Å². The van der Waals surface area contributed by atoms with Crippen molar-refractivity contribution in [3.05, 3.63) is 24.3 Å². The number of anilines is 1. The summed E-state index contributed by atoms with van der Waals surface area (Å²) in [6.45, 7) is 2.67. The van der Waals surface area contributed by atoms with Crippen molar-refractivity contribution in [1.82, 2.24) is 4.90 Å². The van der Waals surface area contributed by atoms with Gasteiger partial charge in [0.05, 0.1) is 6.54 Å². The predicted molar refractivity (Wildman–Crippen MR) is 82.8 cm³/mol. The van der Waals surface area contributed by atoms with Gasteiger partial charge < -0.3 is 14.8 Å². The van der Waals surface area contributed by atoms with Gasteiger partial charge in [-0.05, 0) is 56.1 Å². The number of amides is 1. The standard InChI is InChI=1S/C16H21F3N2O3/c1-23-11-12-6-8-21(9-7-12)10-15(22)20-13-2-4-14(5-3-13)24-16(17,18)19/h2-5,12H,6-11H2,1H3,(H,20,22). The largest absolute Gasteiger partial charge is 0.573 e. The number of nitrogens with zero attached hydrogens (tertiary/aromatic N) is 1. The summed E-state index contributed by atoms with van der Waals surface area (Å²) in [6, 6.07) is 5.09. The Balaban J connectivity index is 1.76. The average molecular weight is 346 g/mol. The second kappa shape index (κ2) is 8.34. The molecule has 0 aromatic heterocycles. The first-order valence-corrected chi connectivity index (χ1v) is 7.72. The van der Waals surface area contributed by atoms with Crippen LogP contribution in [-0.2, 0) is 9.53 Å². The third-order valence-electron chi connectivity index (χ3n) is 3.85. The van der Waals surface area contributed by atoms with E-state index in [1.165, 1.54) is 24.3 Å². The maximum Gasteiger partial charge on any atom is 0.573 e. The Hall–Kier alpha value is -1.80. The zero-order valence-corrected chi connectivity index (χ0v) is 13.4. The number of methoxy groups -OCH3 is 1. The minimum absolute atomic E-state index is 0.190. The molecule has 2 rings (SSSR count). The lowest BCUT2D eigenvalue weighted by Gasteiger charge is -2.30. The Morgan fingerprint density at radius 2 is 1.88 bits per heavy atom. The number of nitrogens with one attached hydrogen (secondary N) is 1. The third kappa shape index (κ3) is 6.37. The van der Waals surface area contributed by atoms with Gasteiger partial charge in [0.25, 0.3) is 0 Å². The molecule has 1 aromatic carbocycles. The quantitative estimate of drug-likeness (QED) is 0.861. The minimum Gasteiger partial charge on any atom is -0.406 e. The van der Waals surface area contributed by atoms with Crippen LogP contribution in [0.2, 0.25) is 0 Å². The van der Waals surface area contributed by atoms with Crippen LogP contribution in [0.15, 0.2) is 24.3 Å². The molecule has 0 spiro atoms. The van der Waals surface area contributed by atoms with Crippen molar-refractivity contribution in [3.63, 3.8) is 0 Å². The smallest absolute Gasteiger partial charge is 0.406 e. The van der Waals surface area contributed by atoms with Crippen molar-refractivity contribution in [2.24, 2.45) is 5.92 Å². The predicted octanol–water partition coefficient (Wildman–Crippen LogP) is 2.88. The maximum atomic E-state index is 12.1. The third-order valence-corrected chi connectivity index (χ3v) is 3.85. The highest BCUT2D eigenvalue weighted by Gasteiger charge is 2.31. The summed E-state index contributed by atoms with van der Waals surface area (Å²) in [5.74, 6) is 0.0286. The second-order valence-electron chi connectivity index (χ2n) is 5.80. The lowest BCUT2D eigenvalue weighted by molar-refractivity contribution is -0.274.